The molecule has 0 heterocycles. The third-order valence-corrected chi connectivity index (χ3v) is 2.08. The van der Waals surface area contributed by atoms with E-state index in [9.17, 15) is 14.9 Å². The average Bonchev–Trinajstić information content (AvgIpc) is 2.20. The maximum absolute atomic E-state index is 11.6. The molecule has 0 spiro atoms. The third-order valence-electron chi connectivity index (χ3n) is 2.08. The van der Waals surface area contributed by atoms with Crippen molar-refractivity contribution >= 4 is 17.3 Å². The molecule has 1 aromatic rings. The van der Waals surface area contributed by atoms with Crippen LogP contribution in [-0.4, -0.2) is 17.4 Å². The maximum Gasteiger partial charge on any atom is 0.293 e. The molecular weight excluding hydrogens is 210 g/mol. The number of hydrogen-bond acceptors (Lipinski definition) is 4. The van der Waals surface area contributed by atoms with Crippen molar-refractivity contribution in [2.75, 3.05) is 12.3 Å². The molecule has 0 aromatic heterocycles. The predicted octanol–water partition coefficient (Wildman–Crippen LogP) is 1.24. The first-order valence-electron chi connectivity index (χ1n) is 4.80. The second kappa shape index (κ2) is 4.61. The molecule has 0 aliphatic heterocycles. The highest BCUT2D eigenvalue weighted by atomic mass is 16.6. The van der Waals surface area contributed by atoms with Gasteiger partial charge in [-0.1, -0.05) is 0 Å². The quantitative estimate of drug-likeness (QED) is 0.457. The lowest BCUT2D eigenvalue weighted by molar-refractivity contribution is -0.384. The van der Waals surface area contributed by atoms with Gasteiger partial charge >= 0.3 is 0 Å². The van der Waals surface area contributed by atoms with E-state index in [1.54, 1.807) is 13.8 Å². The molecule has 0 saturated heterocycles. The third kappa shape index (κ3) is 2.28. The van der Waals surface area contributed by atoms with Gasteiger partial charge in [-0.2, -0.15) is 0 Å². The zero-order chi connectivity index (χ0) is 12.3. The summed E-state index contributed by atoms with van der Waals surface area (Å²) in [6, 6.07) is 2.88. The van der Waals surface area contributed by atoms with E-state index in [4.69, 9.17) is 5.73 Å². The van der Waals surface area contributed by atoms with Gasteiger partial charge in [0.1, 0.15) is 5.69 Å². The minimum Gasteiger partial charge on any atom is -0.393 e. The Labute approximate surface area is 92.6 Å². The van der Waals surface area contributed by atoms with Crippen LogP contribution in [0, 0.1) is 17.0 Å². The summed E-state index contributed by atoms with van der Waals surface area (Å²) in [5, 5.41) is 13.3. The number of anilines is 1. The topological polar surface area (TPSA) is 98.3 Å². The lowest BCUT2D eigenvalue weighted by Gasteiger charge is -2.07. The summed E-state index contributed by atoms with van der Waals surface area (Å²) in [5.74, 6) is -0.396. The molecule has 6 heteroatoms. The van der Waals surface area contributed by atoms with E-state index < -0.39 is 10.8 Å². The molecule has 0 atom stereocenters. The smallest absolute Gasteiger partial charge is 0.293 e. The van der Waals surface area contributed by atoms with Crippen LogP contribution >= 0.6 is 0 Å². The van der Waals surface area contributed by atoms with Gasteiger partial charge in [0.15, 0.2) is 0 Å². The van der Waals surface area contributed by atoms with Crippen molar-refractivity contribution in [1.82, 2.24) is 5.32 Å². The molecule has 0 fully saturated rings. The summed E-state index contributed by atoms with van der Waals surface area (Å²) in [7, 11) is 0. The van der Waals surface area contributed by atoms with Crippen LogP contribution in [0.4, 0.5) is 11.4 Å². The molecular formula is C10H13N3O3. The number of rotatable bonds is 3. The molecule has 6 nitrogen and oxygen atoms in total. The van der Waals surface area contributed by atoms with Crippen LogP contribution < -0.4 is 11.1 Å². The van der Waals surface area contributed by atoms with Crippen LogP contribution in [0.15, 0.2) is 12.1 Å². The molecule has 0 saturated carbocycles. The summed E-state index contributed by atoms with van der Waals surface area (Å²) in [6.07, 6.45) is 0. The number of nitro benzene ring substituents is 1. The highest BCUT2D eigenvalue weighted by Gasteiger charge is 2.19. The summed E-state index contributed by atoms with van der Waals surface area (Å²) in [5.41, 5.74) is 6.02. The van der Waals surface area contributed by atoms with Gasteiger partial charge in [0.25, 0.3) is 11.6 Å². The first kappa shape index (κ1) is 12.0. The van der Waals surface area contributed by atoms with Gasteiger partial charge in [0.2, 0.25) is 0 Å². The molecule has 0 aliphatic carbocycles. The van der Waals surface area contributed by atoms with Crippen LogP contribution in [0.5, 0.6) is 0 Å². The number of nitrogens with zero attached hydrogens (tertiary/aromatic N) is 1. The summed E-state index contributed by atoms with van der Waals surface area (Å²) < 4.78 is 0. The number of carbonyl (C=O) groups excluding carboxylic acids is 1. The Morgan fingerprint density at radius 3 is 2.69 bits per heavy atom. The number of nitrogens with one attached hydrogen (secondary N) is 1. The lowest BCUT2D eigenvalue weighted by atomic mass is 10.1. The lowest BCUT2D eigenvalue weighted by Crippen LogP contribution is -2.24. The Kier molecular flexibility index (Phi) is 3.44. The zero-order valence-corrected chi connectivity index (χ0v) is 9.11. The Morgan fingerprint density at radius 2 is 2.19 bits per heavy atom. The van der Waals surface area contributed by atoms with Crippen LogP contribution in [0.3, 0.4) is 0 Å². The minimum atomic E-state index is -0.592. The van der Waals surface area contributed by atoms with Crippen LogP contribution in [-0.2, 0) is 0 Å². The highest BCUT2D eigenvalue weighted by Crippen LogP contribution is 2.26. The Bertz CT molecular complexity index is 443. The fourth-order valence-corrected chi connectivity index (χ4v) is 1.37. The number of carbonyl (C=O) groups is 1. The van der Waals surface area contributed by atoms with Gasteiger partial charge in [-0.25, -0.2) is 0 Å². The van der Waals surface area contributed by atoms with E-state index in [1.165, 1.54) is 12.1 Å². The first-order chi connectivity index (χ1) is 7.47. The minimum absolute atomic E-state index is 0.0958. The largest absolute Gasteiger partial charge is 0.393 e. The van der Waals surface area contributed by atoms with Crippen molar-refractivity contribution in [3.63, 3.8) is 0 Å². The van der Waals surface area contributed by atoms with Crippen molar-refractivity contribution in [3.05, 3.63) is 33.4 Å². The maximum atomic E-state index is 11.6. The number of nitrogen functional groups attached to an aromatic ring is 1. The van der Waals surface area contributed by atoms with Crippen molar-refractivity contribution in [3.8, 4) is 0 Å². The molecule has 0 bridgehead atoms. The van der Waals surface area contributed by atoms with Gasteiger partial charge in [-0.3, -0.25) is 14.9 Å². The first-order valence-corrected chi connectivity index (χ1v) is 4.80. The number of nitro groups is 1. The van der Waals surface area contributed by atoms with E-state index in [0.29, 0.717) is 12.1 Å². The van der Waals surface area contributed by atoms with Gasteiger partial charge in [0, 0.05) is 12.6 Å². The molecule has 0 radical (unpaired) electrons. The van der Waals surface area contributed by atoms with Gasteiger partial charge in [-0.15, -0.1) is 0 Å². The number of amides is 1. The Balaban J connectivity index is 3.29. The van der Waals surface area contributed by atoms with Crippen molar-refractivity contribution in [2.24, 2.45) is 0 Å². The molecule has 0 aliphatic rings. The fraction of sp³-hybridized carbons (Fsp3) is 0.300. The highest BCUT2D eigenvalue weighted by molar-refractivity contribution is 6.01. The second-order valence-corrected chi connectivity index (χ2v) is 3.36. The van der Waals surface area contributed by atoms with Crippen LogP contribution in [0.2, 0.25) is 0 Å². The number of benzene rings is 1. The second-order valence-electron chi connectivity index (χ2n) is 3.36. The van der Waals surface area contributed by atoms with E-state index in [2.05, 4.69) is 5.32 Å². The predicted molar refractivity (Wildman–Crippen MR) is 60.3 cm³/mol. The normalized spacial score (nSPS) is 9.88. The van der Waals surface area contributed by atoms with Crippen LogP contribution in [0.1, 0.15) is 22.8 Å². The van der Waals surface area contributed by atoms with Crippen molar-refractivity contribution in [2.45, 2.75) is 13.8 Å². The van der Waals surface area contributed by atoms with Gasteiger partial charge in [0.05, 0.1) is 10.5 Å². The molecule has 1 rings (SSSR count). The fourth-order valence-electron chi connectivity index (χ4n) is 1.37. The Morgan fingerprint density at radius 1 is 1.56 bits per heavy atom. The number of nitrogens with two attached hydrogens (primary N) is 1. The number of hydrogen-bond donors (Lipinski definition) is 2. The molecule has 3 N–H and O–H groups in total. The van der Waals surface area contributed by atoms with Crippen LogP contribution in [0.25, 0.3) is 0 Å². The van der Waals surface area contributed by atoms with E-state index in [0.717, 1.165) is 0 Å². The number of aryl methyl sites for hydroxylation is 1. The molecule has 86 valence electrons. The summed E-state index contributed by atoms with van der Waals surface area (Å²) in [6.45, 7) is 3.88. The molecule has 0 unspecified atom stereocenters. The van der Waals surface area contributed by atoms with E-state index in [-0.39, 0.29) is 16.9 Å². The van der Waals surface area contributed by atoms with E-state index >= 15 is 0 Å². The van der Waals surface area contributed by atoms with Gasteiger partial charge < -0.3 is 11.1 Å². The standard InChI is InChI=1S/C10H13N3O3/c1-3-12-10(14)7-4-6(2)5-8(9(7)11)13(15)16/h4-5H,3,11H2,1-2H3,(H,12,14). The summed E-state index contributed by atoms with van der Waals surface area (Å²) >= 11 is 0. The summed E-state index contributed by atoms with van der Waals surface area (Å²) in [4.78, 5) is 21.7. The van der Waals surface area contributed by atoms with Crippen molar-refractivity contribution < 1.29 is 9.72 Å². The molecule has 16 heavy (non-hydrogen) atoms. The average molecular weight is 223 g/mol. The van der Waals surface area contributed by atoms with Crippen molar-refractivity contribution in [1.29, 1.82) is 0 Å². The monoisotopic (exact) mass is 223 g/mol. The Hall–Kier alpha value is -2.11. The van der Waals surface area contributed by atoms with E-state index in [1.807, 2.05) is 0 Å². The molecule has 1 amide bonds. The zero-order valence-electron chi connectivity index (χ0n) is 9.11. The van der Waals surface area contributed by atoms with Gasteiger partial charge in [-0.05, 0) is 25.5 Å². The molecule has 1 aromatic carbocycles. The SMILES string of the molecule is CCNC(=O)c1cc(C)cc([N+](=O)[O-])c1N.